The molecule has 33 heavy (non-hydrogen) atoms. The third-order valence-corrected chi connectivity index (χ3v) is 6.64. The molecule has 2 aromatic heterocycles. The van der Waals surface area contributed by atoms with Crippen LogP contribution in [0.25, 0.3) is 17.0 Å². The van der Waals surface area contributed by atoms with Crippen molar-refractivity contribution in [1.29, 1.82) is 0 Å². The zero-order valence-electron chi connectivity index (χ0n) is 19.4. The summed E-state index contributed by atoms with van der Waals surface area (Å²) < 4.78 is 1.77. The molecule has 0 radical (unpaired) electrons. The fraction of sp³-hybridized carbons (Fsp3) is 0.500. The van der Waals surface area contributed by atoms with Crippen LogP contribution in [0.15, 0.2) is 36.4 Å². The number of rotatable bonds is 9. The van der Waals surface area contributed by atoms with Gasteiger partial charge in [0, 0.05) is 36.1 Å². The number of piperidine rings is 1. The maximum absolute atomic E-state index is 12.6. The van der Waals surface area contributed by atoms with E-state index in [1.807, 2.05) is 36.4 Å². The highest BCUT2D eigenvalue weighted by Crippen LogP contribution is 2.24. The number of hydrogen-bond donors (Lipinski definition) is 1. The molecule has 0 aliphatic carbocycles. The number of fused-ring (bicyclic) bond motifs is 1. The SMILES string of the molecule is CCN(CC)CCCNC(=O)C1CCN(c2ccc3nnc(-c4ccc(Cl)cc4)n3n2)CC1. The molecule has 1 aliphatic rings. The van der Waals surface area contributed by atoms with E-state index in [1.54, 1.807) is 4.52 Å². The van der Waals surface area contributed by atoms with Gasteiger partial charge >= 0.3 is 0 Å². The lowest BCUT2D eigenvalue weighted by atomic mass is 9.96. The summed E-state index contributed by atoms with van der Waals surface area (Å²) in [6, 6.07) is 11.4. The van der Waals surface area contributed by atoms with Gasteiger partial charge in [0.05, 0.1) is 0 Å². The molecule has 0 atom stereocenters. The van der Waals surface area contributed by atoms with Crippen LogP contribution in [-0.4, -0.2) is 69.9 Å². The van der Waals surface area contributed by atoms with E-state index in [0.29, 0.717) is 16.5 Å². The molecule has 176 valence electrons. The van der Waals surface area contributed by atoms with Crippen molar-refractivity contribution >= 4 is 29.0 Å². The number of amides is 1. The van der Waals surface area contributed by atoms with Gasteiger partial charge in [-0.3, -0.25) is 4.79 Å². The van der Waals surface area contributed by atoms with E-state index in [1.165, 1.54) is 0 Å². The van der Waals surface area contributed by atoms with Gasteiger partial charge in [-0.05, 0) is 75.3 Å². The van der Waals surface area contributed by atoms with Crippen LogP contribution >= 0.6 is 11.6 Å². The molecule has 0 bridgehead atoms. The average Bonchev–Trinajstić information content (AvgIpc) is 3.28. The van der Waals surface area contributed by atoms with Crippen LogP contribution in [0.5, 0.6) is 0 Å². The Balaban J connectivity index is 1.34. The van der Waals surface area contributed by atoms with Crippen molar-refractivity contribution in [3.05, 3.63) is 41.4 Å². The van der Waals surface area contributed by atoms with E-state index < -0.39 is 0 Å². The molecule has 4 rings (SSSR count). The molecule has 1 N–H and O–H groups in total. The molecule has 9 heteroatoms. The Hall–Kier alpha value is -2.71. The number of carbonyl (C=O) groups excluding carboxylic acids is 1. The number of aromatic nitrogens is 4. The third-order valence-electron chi connectivity index (χ3n) is 6.39. The molecule has 1 saturated heterocycles. The molecule has 1 aromatic carbocycles. The largest absolute Gasteiger partial charge is 0.356 e. The lowest BCUT2D eigenvalue weighted by Gasteiger charge is -2.32. The Morgan fingerprint density at radius 2 is 1.82 bits per heavy atom. The normalized spacial score (nSPS) is 14.8. The van der Waals surface area contributed by atoms with E-state index in [9.17, 15) is 4.79 Å². The fourth-order valence-electron chi connectivity index (χ4n) is 4.30. The van der Waals surface area contributed by atoms with Crippen molar-refractivity contribution in [2.75, 3.05) is 44.2 Å². The van der Waals surface area contributed by atoms with Crippen molar-refractivity contribution in [3.8, 4) is 11.4 Å². The Labute approximate surface area is 199 Å². The standard InChI is InChI=1S/C24H32ClN7O/c1-3-30(4-2)15-5-14-26-24(33)19-12-16-31(17-13-19)22-11-10-21-27-28-23(32(21)29-22)18-6-8-20(25)9-7-18/h6-11,19H,3-5,12-17H2,1-2H3,(H,26,33). The van der Waals surface area contributed by atoms with Crippen LogP contribution in [0.3, 0.4) is 0 Å². The quantitative estimate of drug-likeness (QED) is 0.483. The predicted octanol–water partition coefficient (Wildman–Crippen LogP) is 3.51. The van der Waals surface area contributed by atoms with Crippen molar-refractivity contribution in [2.24, 2.45) is 5.92 Å². The predicted molar refractivity (Wildman–Crippen MR) is 132 cm³/mol. The van der Waals surface area contributed by atoms with E-state index in [-0.39, 0.29) is 11.8 Å². The summed E-state index contributed by atoms with van der Waals surface area (Å²) in [4.78, 5) is 17.2. The number of carbonyl (C=O) groups is 1. The highest BCUT2D eigenvalue weighted by atomic mass is 35.5. The Morgan fingerprint density at radius 3 is 2.52 bits per heavy atom. The van der Waals surface area contributed by atoms with Crippen LogP contribution < -0.4 is 10.2 Å². The van der Waals surface area contributed by atoms with E-state index >= 15 is 0 Å². The van der Waals surface area contributed by atoms with E-state index in [0.717, 1.165) is 69.9 Å². The molecule has 8 nitrogen and oxygen atoms in total. The highest BCUT2D eigenvalue weighted by Gasteiger charge is 2.26. The van der Waals surface area contributed by atoms with Crippen LogP contribution in [-0.2, 0) is 4.79 Å². The van der Waals surface area contributed by atoms with E-state index in [4.69, 9.17) is 16.7 Å². The van der Waals surface area contributed by atoms with Crippen molar-refractivity contribution in [1.82, 2.24) is 30.0 Å². The van der Waals surface area contributed by atoms with Crippen molar-refractivity contribution in [2.45, 2.75) is 33.1 Å². The molecular formula is C24H32ClN7O. The number of benzene rings is 1. The summed E-state index contributed by atoms with van der Waals surface area (Å²) in [5.74, 6) is 1.80. The minimum absolute atomic E-state index is 0.0676. The van der Waals surface area contributed by atoms with Crippen molar-refractivity contribution < 1.29 is 4.79 Å². The van der Waals surface area contributed by atoms with Crippen LogP contribution in [0.4, 0.5) is 5.82 Å². The molecule has 0 saturated carbocycles. The van der Waals surface area contributed by atoms with Gasteiger partial charge in [-0.15, -0.1) is 15.3 Å². The second-order valence-corrected chi connectivity index (χ2v) is 8.86. The first-order valence-electron chi connectivity index (χ1n) is 11.8. The number of anilines is 1. The summed E-state index contributed by atoms with van der Waals surface area (Å²) in [6.45, 7) is 9.82. The number of halogens is 1. The summed E-state index contributed by atoms with van der Waals surface area (Å²) >= 11 is 6.02. The lowest BCUT2D eigenvalue weighted by molar-refractivity contribution is -0.125. The van der Waals surface area contributed by atoms with Crippen molar-refractivity contribution in [3.63, 3.8) is 0 Å². The smallest absolute Gasteiger partial charge is 0.223 e. The maximum atomic E-state index is 12.6. The van der Waals surface area contributed by atoms with Gasteiger partial charge < -0.3 is 15.1 Å². The first kappa shape index (κ1) is 23.4. The zero-order chi connectivity index (χ0) is 23.2. The van der Waals surface area contributed by atoms with Gasteiger partial charge in [-0.1, -0.05) is 25.4 Å². The van der Waals surface area contributed by atoms with E-state index in [2.05, 4.69) is 39.2 Å². The molecule has 3 aromatic rings. The topological polar surface area (TPSA) is 78.7 Å². The maximum Gasteiger partial charge on any atom is 0.223 e. The minimum atomic E-state index is 0.0676. The number of hydrogen-bond acceptors (Lipinski definition) is 6. The molecular weight excluding hydrogens is 438 g/mol. The molecule has 1 amide bonds. The fourth-order valence-corrected chi connectivity index (χ4v) is 4.42. The minimum Gasteiger partial charge on any atom is -0.356 e. The first-order chi connectivity index (χ1) is 16.1. The summed E-state index contributed by atoms with van der Waals surface area (Å²) in [6.07, 6.45) is 2.65. The Morgan fingerprint density at radius 1 is 1.09 bits per heavy atom. The molecule has 3 heterocycles. The van der Waals surface area contributed by atoms with Gasteiger partial charge in [0.1, 0.15) is 5.82 Å². The summed E-state index contributed by atoms with van der Waals surface area (Å²) in [5, 5.41) is 17.2. The molecule has 0 unspecified atom stereocenters. The van der Waals surface area contributed by atoms with Gasteiger partial charge in [-0.2, -0.15) is 4.52 Å². The first-order valence-corrected chi connectivity index (χ1v) is 12.2. The number of nitrogens with zero attached hydrogens (tertiary/aromatic N) is 6. The molecule has 1 aliphatic heterocycles. The summed E-state index contributed by atoms with van der Waals surface area (Å²) in [5.41, 5.74) is 1.61. The van der Waals surface area contributed by atoms with Crippen LogP contribution in [0.2, 0.25) is 5.02 Å². The van der Waals surface area contributed by atoms with Gasteiger partial charge in [0.25, 0.3) is 0 Å². The molecule has 0 spiro atoms. The monoisotopic (exact) mass is 469 g/mol. The van der Waals surface area contributed by atoms with Gasteiger partial charge in [-0.25, -0.2) is 0 Å². The van der Waals surface area contributed by atoms with Gasteiger partial charge in [0.15, 0.2) is 11.5 Å². The number of nitrogens with one attached hydrogen (secondary N) is 1. The third kappa shape index (κ3) is 5.62. The Bertz CT molecular complexity index is 1060. The zero-order valence-corrected chi connectivity index (χ0v) is 20.1. The Kier molecular flexibility index (Phi) is 7.77. The van der Waals surface area contributed by atoms with Crippen LogP contribution in [0, 0.1) is 5.92 Å². The second kappa shape index (κ2) is 10.9. The second-order valence-electron chi connectivity index (χ2n) is 8.42. The highest BCUT2D eigenvalue weighted by molar-refractivity contribution is 6.30. The molecule has 1 fully saturated rings. The average molecular weight is 470 g/mol. The van der Waals surface area contributed by atoms with Gasteiger partial charge in [0.2, 0.25) is 5.91 Å². The lowest BCUT2D eigenvalue weighted by Crippen LogP contribution is -2.41. The van der Waals surface area contributed by atoms with Crippen LogP contribution in [0.1, 0.15) is 33.1 Å². The summed E-state index contributed by atoms with van der Waals surface area (Å²) in [7, 11) is 0.